The number of hydrogen-bond donors (Lipinski definition) is 0. The third kappa shape index (κ3) is 4.84. The Morgan fingerprint density at radius 1 is 1.06 bits per heavy atom. The highest BCUT2D eigenvalue weighted by molar-refractivity contribution is 7.92. The van der Waals surface area contributed by atoms with Gasteiger partial charge in [-0.2, -0.15) is 0 Å². The number of hydrogen-bond acceptors (Lipinski definition) is 4. The fraction of sp³-hybridized carbons (Fsp3) is 0.240. The highest BCUT2D eigenvalue weighted by Gasteiger charge is 2.29. The molecule has 0 radical (unpaired) electrons. The van der Waals surface area contributed by atoms with Gasteiger partial charge in [0, 0.05) is 30.7 Å². The van der Waals surface area contributed by atoms with Crippen molar-refractivity contribution < 1.29 is 17.9 Å². The van der Waals surface area contributed by atoms with Gasteiger partial charge in [-0.05, 0) is 78.6 Å². The minimum atomic E-state index is -3.72. The van der Waals surface area contributed by atoms with E-state index < -0.39 is 10.0 Å². The van der Waals surface area contributed by atoms with Crippen LogP contribution in [0.15, 0.2) is 71.6 Å². The van der Waals surface area contributed by atoms with E-state index in [1.54, 1.807) is 43.3 Å². The first-order chi connectivity index (χ1) is 15.8. The number of sulfonamides is 1. The maximum atomic E-state index is 13.2. The van der Waals surface area contributed by atoms with Crippen LogP contribution in [0, 0.1) is 0 Å². The fourth-order valence-electron chi connectivity index (χ4n) is 3.98. The molecule has 0 atom stereocenters. The number of anilines is 1. The topological polar surface area (TPSA) is 66.9 Å². The molecule has 0 spiro atoms. The second kappa shape index (κ2) is 9.45. The summed E-state index contributed by atoms with van der Waals surface area (Å²) in [5.74, 6) is 0.645. The zero-order chi connectivity index (χ0) is 23.6. The van der Waals surface area contributed by atoms with E-state index in [4.69, 9.17) is 16.3 Å². The number of amides is 1. The lowest BCUT2D eigenvalue weighted by molar-refractivity contribution is 0.0785. The van der Waals surface area contributed by atoms with Gasteiger partial charge in [0.25, 0.3) is 15.9 Å². The first-order valence-electron chi connectivity index (χ1n) is 10.6. The summed E-state index contributed by atoms with van der Waals surface area (Å²) in [6.07, 6.45) is 1.39. The van der Waals surface area contributed by atoms with Crippen LogP contribution in [0.3, 0.4) is 0 Å². The first kappa shape index (κ1) is 23.1. The normalized spacial score (nSPS) is 13.4. The van der Waals surface area contributed by atoms with Crippen molar-refractivity contribution in [1.82, 2.24) is 4.90 Å². The van der Waals surface area contributed by atoms with Crippen LogP contribution >= 0.6 is 11.6 Å². The van der Waals surface area contributed by atoms with Crippen LogP contribution in [-0.2, 0) is 23.0 Å². The molecule has 1 aliphatic rings. The van der Waals surface area contributed by atoms with Crippen molar-refractivity contribution in [2.45, 2.75) is 24.3 Å². The second-order valence-corrected chi connectivity index (χ2v) is 10.3. The molecule has 0 saturated heterocycles. The zero-order valence-electron chi connectivity index (χ0n) is 18.5. The molecule has 8 heteroatoms. The maximum absolute atomic E-state index is 13.2. The minimum Gasteiger partial charge on any atom is -0.497 e. The molecule has 0 aliphatic carbocycles. The molecule has 0 unspecified atom stereocenters. The van der Waals surface area contributed by atoms with Crippen molar-refractivity contribution >= 4 is 33.2 Å². The summed E-state index contributed by atoms with van der Waals surface area (Å²) in [4.78, 5) is 14.9. The van der Waals surface area contributed by atoms with Gasteiger partial charge in [0.2, 0.25) is 0 Å². The number of rotatable bonds is 6. The van der Waals surface area contributed by atoms with Crippen molar-refractivity contribution in [2.24, 2.45) is 0 Å². The van der Waals surface area contributed by atoms with Crippen molar-refractivity contribution in [1.29, 1.82) is 0 Å². The molecule has 1 amide bonds. The predicted octanol–water partition coefficient (Wildman–Crippen LogP) is 4.76. The van der Waals surface area contributed by atoms with Gasteiger partial charge in [0.1, 0.15) is 5.75 Å². The number of nitrogens with zero attached hydrogens (tertiary/aromatic N) is 2. The number of aryl methyl sites for hydroxylation is 1. The molecule has 0 saturated carbocycles. The Kier molecular flexibility index (Phi) is 6.63. The van der Waals surface area contributed by atoms with E-state index in [0.717, 1.165) is 16.9 Å². The lowest BCUT2D eigenvalue weighted by Crippen LogP contribution is -2.35. The summed E-state index contributed by atoms with van der Waals surface area (Å²) >= 11 is 5.92. The predicted molar refractivity (Wildman–Crippen MR) is 130 cm³/mol. The van der Waals surface area contributed by atoms with E-state index in [9.17, 15) is 13.2 Å². The van der Waals surface area contributed by atoms with Crippen LogP contribution in [-0.4, -0.2) is 39.9 Å². The van der Waals surface area contributed by atoms with E-state index in [0.29, 0.717) is 42.2 Å². The number of carbonyl (C=O) groups is 1. The van der Waals surface area contributed by atoms with Crippen LogP contribution in [0.25, 0.3) is 0 Å². The summed E-state index contributed by atoms with van der Waals surface area (Å²) in [5, 5.41) is 0.481. The van der Waals surface area contributed by atoms with Crippen LogP contribution in [0.1, 0.15) is 27.9 Å². The van der Waals surface area contributed by atoms with Gasteiger partial charge in [-0.1, -0.05) is 23.7 Å². The Morgan fingerprint density at radius 2 is 1.76 bits per heavy atom. The van der Waals surface area contributed by atoms with Gasteiger partial charge in [-0.3, -0.25) is 9.10 Å². The Bertz CT molecular complexity index is 1260. The highest BCUT2D eigenvalue weighted by Crippen LogP contribution is 2.33. The molecule has 33 heavy (non-hydrogen) atoms. The number of halogens is 1. The number of carbonyl (C=O) groups excluding carboxylic acids is 1. The van der Waals surface area contributed by atoms with Crippen molar-refractivity contribution in [3.8, 4) is 5.75 Å². The van der Waals surface area contributed by atoms with Gasteiger partial charge in [-0.15, -0.1) is 0 Å². The lowest BCUT2D eigenvalue weighted by Gasteiger charge is -2.31. The molecule has 1 heterocycles. The molecule has 4 rings (SSSR count). The second-order valence-electron chi connectivity index (χ2n) is 7.99. The average molecular weight is 485 g/mol. The maximum Gasteiger partial charge on any atom is 0.264 e. The average Bonchev–Trinajstić information content (AvgIpc) is 2.83. The molecule has 0 bridgehead atoms. The summed E-state index contributed by atoms with van der Waals surface area (Å²) in [7, 11) is -0.352. The number of methoxy groups -OCH3 is 1. The molecule has 3 aromatic carbocycles. The molecule has 6 nitrogen and oxygen atoms in total. The monoisotopic (exact) mass is 484 g/mol. The summed E-state index contributed by atoms with van der Waals surface area (Å²) in [6.45, 7) is 0.847. The Morgan fingerprint density at radius 3 is 2.42 bits per heavy atom. The Labute approximate surface area is 199 Å². The van der Waals surface area contributed by atoms with Gasteiger partial charge >= 0.3 is 0 Å². The Balaban J connectivity index is 1.56. The molecular formula is C25H25ClN2O4S. The first-order valence-corrected chi connectivity index (χ1v) is 12.4. The van der Waals surface area contributed by atoms with E-state index in [-0.39, 0.29) is 10.8 Å². The Hall–Kier alpha value is -3.03. The van der Waals surface area contributed by atoms with Crippen molar-refractivity contribution in [3.63, 3.8) is 0 Å². The third-order valence-electron chi connectivity index (χ3n) is 5.73. The van der Waals surface area contributed by atoms with Gasteiger partial charge in [0.15, 0.2) is 0 Å². The summed E-state index contributed by atoms with van der Waals surface area (Å²) in [6, 6.07) is 19.0. The molecule has 1 aliphatic heterocycles. The van der Waals surface area contributed by atoms with E-state index >= 15 is 0 Å². The lowest BCUT2D eigenvalue weighted by atomic mass is 10.00. The van der Waals surface area contributed by atoms with Gasteiger partial charge in [0.05, 0.1) is 17.7 Å². The van der Waals surface area contributed by atoms with Gasteiger partial charge in [-0.25, -0.2) is 8.42 Å². The highest BCUT2D eigenvalue weighted by atomic mass is 35.5. The molecule has 172 valence electrons. The van der Waals surface area contributed by atoms with Gasteiger partial charge < -0.3 is 9.64 Å². The number of fused-ring (bicyclic) bond motifs is 1. The third-order valence-corrected chi connectivity index (χ3v) is 7.81. The number of ether oxygens (including phenoxy) is 1. The fourth-order valence-corrected chi connectivity index (χ4v) is 5.64. The van der Waals surface area contributed by atoms with Crippen molar-refractivity contribution in [2.75, 3.05) is 25.0 Å². The summed E-state index contributed by atoms with van der Waals surface area (Å²) < 4.78 is 33.1. The van der Waals surface area contributed by atoms with Crippen molar-refractivity contribution in [3.05, 3.63) is 88.4 Å². The molecule has 0 fully saturated rings. The van der Waals surface area contributed by atoms with Crippen LogP contribution in [0.4, 0.5) is 5.69 Å². The van der Waals surface area contributed by atoms with E-state index in [1.807, 2.05) is 30.3 Å². The molecule has 0 N–H and O–H groups in total. The smallest absolute Gasteiger partial charge is 0.264 e. The summed E-state index contributed by atoms with van der Waals surface area (Å²) in [5.41, 5.74) is 2.99. The van der Waals surface area contributed by atoms with Crippen LogP contribution < -0.4 is 9.04 Å². The zero-order valence-corrected chi connectivity index (χ0v) is 20.1. The van der Waals surface area contributed by atoms with E-state index in [1.165, 1.54) is 16.4 Å². The molecule has 3 aromatic rings. The SMILES string of the molecule is COc1ccc(CN(C)C(=O)c2ccc3c(c2)CCCN3S(=O)(=O)c2ccc(Cl)cc2)cc1. The van der Waals surface area contributed by atoms with Crippen LogP contribution in [0.5, 0.6) is 5.75 Å². The molecule has 0 aromatic heterocycles. The van der Waals surface area contributed by atoms with Crippen LogP contribution in [0.2, 0.25) is 5.02 Å². The molecular weight excluding hydrogens is 460 g/mol. The number of benzene rings is 3. The quantitative estimate of drug-likeness (QED) is 0.505. The minimum absolute atomic E-state index is 0.119. The standard InChI is InChI=1S/C25H25ClN2O4S/c1-27(17-18-5-10-22(32-2)11-6-18)25(29)20-7-14-24-19(16-20)4-3-15-28(24)33(30,31)23-12-8-21(26)9-13-23/h5-14,16H,3-4,15,17H2,1-2H3. The largest absolute Gasteiger partial charge is 0.497 e. The van der Waals surface area contributed by atoms with E-state index in [2.05, 4.69) is 0 Å².